The highest BCUT2D eigenvalue weighted by molar-refractivity contribution is 7.06. The van der Waals surface area contributed by atoms with Crippen LogP contribution < -0.4 is 0 Å². The van der Waals surface area contributed by atoms with Gasteiger partial charge in [0.05, 0.1) is 0 Å². The number of unbranched alkanes of at least 4 members (excludes halogenated alkanes) is 1. The number of aryl methyl sites for hydroxylation is 1. The zero-order valence-electron chi connectivity index (χ0n) is 24.3. The molecule has 0 unspecified atom stereocenters. The minimum Gasteiger partial charge on any atom is -0.397 e. The molecule has 0 atom stereocenters. The van der Waals surface area contributed by atoms with E-state index in [4.69, 9.17) is 16.3 Å². The fourth-order valence-corrected chi connectivity index (χ4v) is 3.54. The van der Waals surface area contributed by atoms with Crippen LogP contribution >= 0.6 is 11.5 Å². The third kappa shape index (κ3) is 24.7. The van der Waals surface area contributed by atoms with Crippen LogP contribution in [0.1, 0.15) is 61.5 Å². The lowest BCUT2D eigenvalue weighted by Crippen LogP contribution is -2.19. The smallest absolute Gasteiger partial charge is 0.147 e. The van der Waals surface area contributed by atoms with Crippen LogP contribution in [0.25, 0.3) is 6.08 Å². The number of carbonyl (C=O) groups excluding carboxylic acids is 1. The molecule has 1 aromatic heterocycles. The van der Waals surface area contributed by atoms with Gasteiger partial charge in [-0.2, -0.15) is 4.37 Å². The van der Waals surface area contributed by atoms with Gasteiger partial charge in [0.1, 0.15) is 17.6 Å². The van der Waals surface area contributed by atoms with Gasteiger partial charge < -0.3 is 14.8 Å². The minimum absolute atomic E-state index is 0.250. The summed E-state index contributed by atoms with van der Waals surface area (Å²) in [6.45, 7) is 14.1. The van der Waals surface area contributed by atoms with Crippen molar-refractivity contribution in [2.45, 2.75) is 52.9 Å². The normalized spacial score (nSPS) is 10.6. The van der Waals surface area contributed by atoms with E-state index < -0.39 is 0 Å². The Labute approximate surface area is 241 Å². The highest BCUT2D eigenvalue weighted by atomic mass is 32.1. The lowest BCUT2D eigenvalue weighted by molar-refractivity contribution is -0.0980. The molecule has 2 aromatic rings. The van der Waals surface area contributed by atoms with Gasteiger partial charge in [-0.15, -0.1) is 6.42 Å². The molecule has 0 saturated carbocycles. The van der Waals surface area contributed by atoms with E-state index in [2.05, 4.69) is 90.1 Å². The molecule has 212 valence electrons. The third-order valence-corrected chi connectivity index (χ3v) is 5.43. The van der Waals surface area contributed by atoms with E-state index in [0.29, 0.717) is 0 Å². The maximum absolute atomic E-state index is 8.00. The molecular formula is C33H47N3O2S. The van der Waals surface area contributed by atoms with Crippen molar-refractivity contribution in [3.8, 4) is 12.3 Å². The first-order valence-electron chi connectivity index (χ1n) is 13.2. The number of terminal acetylenes is 1. The number of carbonyl (C=O) groups is 1. The summed E-state index contributed by atoms with van der Waals surface area (Å²) in [5.74, 6) is 3.36. The second-order valence-electron chi connectivity index (χ2n) is 8.22. The molecule has 0 bridgehead atoms. The van der Waals surface area contributed by atoms with Gasteiger partial charge in [0, 0.05) is 19.6 Å². The lowest BCUT2D eigenvalue weighted by Gasteiger charge is -2.13. The quantitative estimate of drug-likeness (QED) is 0.162. The molecule has 0 spiro atoms. The number of benzene rings is 1. The van der Waals surface area contributed by atoms with Gasteiger partial charge in [0.25, 0.3) is 0 Å². The van der Waals surface area contributed by atoms with Gasteiger partial charge in [-0.25, -0.2) is 4.98 Å². The van der Waals surface area contributed by atoms with Gasteiger partial charge in [-0.05, 0) is 82.4 Å². The maximum atomic E-state index is 8.00. The van der Waals surface area contributed by atoms with Gasteiger partial charge in [-0.3, -0.25) is 0 Å². The van der Waals surface area contributed by atoms with Crippen molar-refractivity contribution >= 4 is 24.4 Å². The van der Waals surface area contributed by atoms with Crippen molar-refractivity contribution in [3.05, 3.63) is 101 Å². The summed E-state index contributed by atoms with van der Waals surface area (Å²) in [5, 5.41) is 8.57. The Morgan fingerprint density at radius 3 is 2.31 bits per heavy atom. The molecule has 6 heteroatoms. The van der Waals surface area contributed by atoms with Crippen LogP contribution in [0.2, 0.25) is 0 Å². The summed E-state index contributed by atoms with van der Waals surface area (Å²) in [7, 11) is 2.17. The Kier molecular flexibility index (Phi) is 28.3. The van der Waals surface area contributed by atoms with E-state index in [1.54, 1.807) is 19.1 Å². The topological polar surface area (TPSA) is 66.3 Å². The second kappa shape index (κ2) is 29.2. The SMILES string of the molecule is C#C/C=C/CC/C=C\C=C/C=C.C=O.CCCN(C)CC/C=C\c1nc(Cc2ccc(C)cc2)ns1.CCO. The number of aromatic nitrogens is 2. The van der Waals surface area contributed by atoms with Crippen molar-refractivity contribution in [3.63, 3.8) is 0 Å². The molecule has 2 rings (SSSR count). The Bertz CT molecular complexity index is 999. The standard InChI is InChI=1S/C18H25N3S.C12H14.C2H6O.CH2O/c1-4-12-21(3)13-6-5-7-18-19-17(20-22-18)14-16-10-8-15(2)9-11-16;1-3-5-7-9-11-12-10-8-6-4-2;1-2-3;1-2/h5,7-11H,4,6,12-14H2,1-3H3;1,4-8,10,12H,2,9,11H2;3H,2H2,1H3;1H2/b7-5-;7-5+,8-6-,12-10-;;. The number of nitrogens with zero attached hydrogens (tertiary/aromatic N) is 3. The van der Waals surface area contributed by atoms with Crippen LogP contribution in [0.4, 0.5) is 0 Å². The maximum Gasteiger partial charge on any atom is 0.147 e. The van der Waals surface area contributed by atoms with Crippen molar-refractivity contribution in [1.82, 2.24) is 14.3 Å². The van der Waals surface area contributed by atoms with E-state index in [9.17, 15) is 0 Å². The largest absolute Gasteiger partial charge is 0.397 e. The van der Waals surface area contributed by atoms with E-state index in [1.807, 2.05) is 31.1 Å². The predicted molar refractivity (Wildman–Crippen MR) is 171 cm³/mol. The Balaban J connectivity index is 0. The van der Waals surface area contributed by atoms with Gasteiger partial charge in [-0.1, -0.05) is 91.8 Å². The third-order valence-electron chi connectivity index (χ3n) is 4.72. The number of hydrogen-bond donors (Lipinski definition) is 1. The van der Waals surface area contributed by atoms with E-state index in [-0.39, 0.29) is 6.61 Å². The van der Waals surface area contributed by atoms with Crippen LogP contribution in [-0.4, -0.2) is 52.9 Å². The van der Waals surface area contributed by atoms with E-state index >= 15 is 0 Å². The molecule has 0 fully saturated rings. The molecule has 0 aliphatic carbocycles. The van der Waals surface area contributed by atoms with Crippen LogP contribution in [-0.2, 0) is 11.2 Å². The van der Waals surface area contributed by atoms with Crippen molar-refractivity contribution < 1.29 is 9.90 Å². The second-order valence-corrected chi connectivity index (χ2v) is 9.00. The van der Waals surface area contributed by atoms with Gasteiger partial charge in [0.2, 0.25) is 0 Å². The highest BCUT2D eigenvalue weighted by Gasteiger charge is 2.03. The Hall–Kier alpha value is -3.37. The summed E-state index contributed by atoms with van der Waals surface area (Å²) in [5.41, 5.74) is 2.55. The zero-order valence-corrected chi connectivity index (χ0v) is 25.1. The summed E-state index contributed by atoms with van der Waals surface area (Å²) < 4.78 is 4.45. The molecule has 39 heavy (non-hydrogen) atoms. The molecule has 0 radical (unpaired) electrons. The van der Waals surface area contributed by atoms with Gasteiger partial charge in [0.15, 0.2) is 0 Å². The molecule has 1 heterocycles. The zero-order chi connectivity index (χ0) is 29.6. The Morgan fingerprint density at radius 1 is 1.03 bits per heavy atom. The summed E-state index contributed by atoms with van der Waals surface area (Å²) in [4.78, 5) is 14.9. The van der Waals surface area contributed by atoms with Crippen LogP contribution in [0.15, 0.2) is 79.5 Å². The molecule has 1 N–H and O–H groups in total. The van der Waals surface area contributed by atoms with Crippen LogP contribution in [0.5, 0.6) is 0 Å². The monoisotopic (exact) mass is 549 g/mol. The van der Waals surface area contributed by atoms with Gasteiger partial charge >= 0.3 is 0 Å². The first kappa shape index (κ1) is 37.8. The average molecular weight is 550 g/mol. The summed E-state index contributed by atoms with van der Waals surface area (Å²) in [6, 6.07) is 8.56. The average Bonchev–Trinajstić information content (AvgIpc) is 3.39. The minimum atomic E-state index is 0.250. The van der Waals surface area contributed by atoms with Crippen molar-refractivity contribution in [1.29, 1.82) is 0 Å². The number of allylic oxidation sites excluding steroid dienone is 7. The fraction of sp³-hybridized carbons (Fsp3) is 0.364. The molecule has 0 saturated heterocycles. The number of rotatable bonds is 13. The molecule has 0 aliphatic heterocycles. The predicted octanol–water partition coefficient (Wildman–Crippen LogP) is 7.25. The molecular weight excluding hydrogens is 502 g/mol. The lowest BCUT2D eigenvalue weighted by atomic mass is 10.1. The Morgan fingerprint density at radius 2 is 1.69 bits per heavy atom. The van der Waals surface area contributed by atoms with E-state index in [0.717, 1.165) is 49.6 Å². The van der Waals surface area contributed by atoms with Crippen LogP contribution in [0.3, 0.4) is 0 Å². The first-order chi connectivity index (χ1) is 19.0. The first-order valence-corrected chi connectivity index (χ1v) is 14.0. The number of aliphatic hydroxyl groups excluding tert-OH is 1. The van der Waals surface area contributed by atoms with Crippen molar-refractivity contribution in [2.24, 2.45) is 0 Å². The number of aliphatic hydroxyl groups is 1. The van der Waals surface area contributed by atoms with Crippen LogP contribution in [0, 0.1) is 19.3 Å². The fourth-order valence-electron chi connectivity index (χ4n) is 2.93. The van der Waals surface area contributed by atoms with Crippen molar-refractivity contribution in [2.75, 3.05) is 26.7 Å². The molecule has 0 amide bonds. The number of hydrogen-bond acceptors (Lipinski definition) is 6. The summed E-state index contributed by atoms with van der Waals surface area (Å²) in [6.07, 6.45) is 27.9. The molecule has 0 aliphatic rings. The van der Waals surface area contributed by atoms with E-state index in [1.165, 1.54) is 29.1 Å². The molecule has 5 nitrogen and oxygen atoms in total. The molecule has 1 aromatic carbocycles. The summed E-state index contributed by atoms with van der Waals surface area (Å²) >= 11 is 1.48. The highest BCUT2D eigenvalue weighted by Crippen LogP contribution is 2.12.